The van der Waals surface area contributed by atoms with Gasteiger partial charge in [0.15, 0.2) is 11.4 Å². The second-order valence-electron chi connectivity index (χ2n) is 6.07. The molecule has 3 aromatic heterocycles. The van der Waals surface area contributed by atoms with Crippen LogP contribution in [0.3, 0.4) is 0 Å². The van der Waals surface area contributed by atoms with Gasteiger partial charge < -0.3 is 10.3 Å². The number of Topliss-reactive ketones (excluding diaryl/α,β-unsaturated/α-hetero) is 1. The lowest BCUT2D eigenvalue weighted by atomic mass is 10.2. The molecule has 0 aliphatic carbocycles. The number of anilines is 2. The minimum absolute atomic E-state index is 0.0300. The second kappa shape index (κ2) is 6.99. The molecule has 0 amide bonds. The van der Waals surface area contributed by atoms with Crippen LogP contribution in [0.5, 0.6) is 0 Å². The molecule has 0 unspecified atom stereocenters. The number of hydrogen-bond acceptors (Lipinski definition) is 5. The fraction of sp³-hybridized carbons (Fsp3) is 0.158. The third kappa shape index (κ3) is 3.41. The quantitative estimate of drug-likeness (QED) is 0.510. The normalized spacial score (nSPS) is 11.0. The van der Waals surface area contributed by atoms with E-state index in [1.807, 2.05) is 6.92 Å². The van der Waals surface area contributed by atoms with Crippen LogP contribution in [-0.4, -0.2) is 30.5 Å². The Labute approximate surface area is 154 Å². The van der Waals surface area contributed by atoms with Gasteiger partial charge in [0, 0.05) is 24.4 Å². The van der Waals surface area contributed by atoms with E-state index in [0.29, 0.717) is 35.0 Å². The van der Waals surface area contributed by atoms with Gasteiger partial charge in [-0.1, -0.05) is 25.1 Å². The molecule has 4 rings (SSSR count). The highest BCUT2D eigenvalue weighted by molar-refractivity contribution is 5.95. The Hall–Kier alpha value is -3.55. The molecule has 0 atom stereocenters. The van der Waals surface area contributed by atoms with E-state index in [9.17, 15) is 9.18 Å². The molecular weight excluding hydrogens is 347 g/mol. The highest BCUT2D eigenvalue weighted by atomic mass is 19.1. The number of nitrogens with zero attached hydrogens (tertiary/aromatic N) is 4. The molecular formula is C19H17FN6O. The molecule has 0 saturated carbocycles. The number of ketones is 1. The van der Waals surface area contributed by atoms with E-state index in [0.717, 1.165) is 5.39 Å². The van der Waals surface area contributed by atoms with Crippen molar-refractivity contribution in [2.75, 3.05) is 5.32 Å². The van der Waals surface area contributed by atoms with Crippen LogP contribution >= 0.6 is 0 Å². The van der Waals surface area contributed by atoms with Crippen molar-refractivity contribution in [2.24, 2.45) is 0 Å². The highest BCUT2D eigenvalue weighted by Gasteiger charge is 2.11. The van der Waals surface area contributed by atoms with Crippen molar-refractivity contribution in [1.29, 1.82) is 0 Å². The van der Waals surface area contributed by atoms with Gasteiger partial charge in [0.2, 0.25) is 5.95 Å². The van der Waals surface area contributed by atoms with Crippen molar-refractivity contribution in [3.05, 3.63) is 66.0 Å². The lowest BCUT2D eigenvalue weighted by Gasteiger charge is -2.06. The summed E-state index contributed by atoms with van der Waals surface area (Å²) in [7, 11) is 0. The molecule has 3 heterocycles. The van der Waals surface area contributed by atoms with Gasteiger partial charge in [-0.2, -0.15) is 10.1 Å². The van der Waals surface area contributed by atoms with Gasteiger partial charge in [-0.3, -0.25) is 4.79 Å². The first-order valence-electron chi connectivity index (χ1n) is 8.54. The second-order valence-corrected chi connectivity index (χ2v) is 6.07. The molecule has 27 heavy (non-hydrogen) atoms. The van der Waals surface area contributed by atoms with Crippen LogP contribution in [0.15, 0.2) is 48.9 Å². The third-order valence-electron chi connectivity index (χ3n) is 4.22. The van der Waals surface area contributed by atoms with Gasteiger partial charge in [0.25, 0.3) is 0 Å². The Balaban J connectivity index is 1.61. The number of rotatable bonds is 6. The number of nitrogens with one attached hydrogen (secondary N) is 2. The van der Waals surface area contributed by atoms with Crippen LogP contribution in [-0.2, 0) is 6.54 Å². The monoisotopic (exact) mass is 364 g/mol. The number of aromatic amines is 1. The molecule has 4 aromatic rings. The van der Waals surface area contributed by atoms with Crippen LogP contribution in [0.4, 0.5) is 16.0 Å². The average molecular weight is 364 g/mol. The van der Waals surface area contributed by atoms with Gasteiger partial charge >= 0.3 is 0 Å². The van der Waals surface area contributed by atoms with Crippen LogP contribution < -0.4 is 5.32 Å². The van der Waals surface area contributed by atoms with Crippen molar-refractivity contribution in [1.82, 2.24) is 24.7 Å². The van der Waals surface area contributed by atoms with E-state index in [2.05, 4.69) is 25.4 Å². The summed E-state index contributed by atoms with van der Waals surface area (Å²) >= 11 is 0. The zero-order chi connectivity index (χ0) is 18.8. The van der Waals surface area contributed by atoms with E-state index in [1.165, 1.54) is 6.07 Å². The molecule has 7 nitrogen and oxygen atoms in total. The number of halogens is 1. The van der Waals surface area contributed by atoms with Crippen LogP contribution in [0.2, 0.25) is 0 Å². The zero-order valence-electron chi connectivity index (χ0n) is 14.6. The Morgan fingerprint density at radius 1 is 1.30 bits per heavy atom. The van der Waals surface area contributed by atoms with Gasteiger partial charge in [-0.25, -0.2) is 14.1 Å². The predicted molar refractivity (Wildman–Crippen MR) is 99.5 cm³/mol. The van der Waals surface area contributed by atoms with E-state index in [-0.39, 0.29) is 18.1 Å². The van der Waals surface area contributed by atoms with Crippen LogP contribution in [0.1, 0.15) is 29.4 Å². The molecule has 0 aliphatic heterocycles. The first-order chi connectivity index (χ1) is 13.1. The predicted octanol–water partition coefficient (Wildman–Crippen LogP) is 3.68. The maximum Gasteiger partial charge on any atom is 0.229 e. The van der Waals surface area contributed by atoms with Crippen LogP contribution in [0, 0.1) is 5.82 Å². The molecule has 0 bridgehead atoms. The van der Waals surface area contributed by atoms with Crippen molar-refractivity contribution in [2.45, 2.75) is 19.9 Å². The summed E-state index contributed by atoms with van der Waals surface area (Å²) in [6, 6.07) is 8.29. The fourth-order valence-electron chi connectivity index (χ4n) is 2.78. The maximum atomic E-state index is 13.9. The molecule has 1 aromatic carbocycles. The summed E-state index contributed by atoms with van der Waals surface area (Å²) in [5.74, 6) is 0.115. The summed E-state index contributed by atoms with van der Waals surface area (Å²) in [5, 5.41) is 8.11. The minimum Gasteiger partial charge on any atom is -0.357 e. The molecule has 0 saturated heterocycles. The summed E-state index contributed by atoms with van der Waals surface area (Å²) in [5.41, 5.74) is 2.34. The number of carbonyl (C=O) groups is 1. The molecule has 2 N–H and O–H groups in total. The number of carbonyl (C=O) groups excluding carboxylic acids is 1. The molecule has 0 aliphatic rings. The fourth-order valence-corrected chi connectivity index (χ4v) is 2.78. The lowest BCUT2D eigenvalue weighted by Crippen LogP contribution is -2.05. The Morgan fingerprint density at radius 3 is 2.96 bits per heavy atom. The minimum atomic E-state index is -0.283. The molecule has 8 heteroatoms. The SMILES string of the molecule is CCC(=O)c1cc(Nc2ncc3cnn(Cc4ccccc4F)c3n2)c[nH]1. The number of benzene rings is 1. The number of hydrogen-bond donors (Lipinski definition) is 2. The van der Waals surface area contributed by atoms with Crippen molar-refractivity contribution >= 4 is 28.5 Å². The van der Waals surface area contributed by atoms with Crippen molar-refractivity contribution < 1.29 is 9.18 Å². The molecule has 136 valence electrons. The zero-order valence-corrected chi connectivity index (χ0v) is 14.6. The van der Waals surface area contributed by atoms with E-state index >= 15 is 0 Å². The molecule has 0 radical (unpaired) electrons. The average Bonchev–Trinajstić information content (AvgIpc) is 3.30. The highest BCUT2D eigenvalue weighted by Crippen LogP contribution is 2.19. The third-order valence-corrected chi connectivity index (χ3v) is 4.22. The maximum absolute atomic E-state index is 13.9. The van der Waals surface area contributed by atoms with Gasteiger partial charge in [-0.15, -0.1) is 0 Å². The van der Waals surface area contributed by atoms with Crippen molar-refractivity contribution in [3.63, 3.8) is 0 Å². The first-order valence-corrected chi connectivity index (χ1v) is 8.54. The smallest absolute Gasteiger partial charge is 0.229 e. The first kappa shape index (κ1) is 16.9. The lowest BCUT2D eigenvalue weighted by molar-refractivity contribution is 0.0984. The summed E-state index contributed by atoms with van der Waals surface area (Å²) in [4.78, 5) is 23.4. The van der Waals surface area contributed by atoms with Gasteiger partial charge in [-0.05, 0) is 12.1 Å². The van der Waals surface area contributed by atoms with Gasteiger partial charge in [0.1, 0.15) is 5.82 Å². The van der Waals surface area contributed by atoms with E-state index < -0.39 is 0 Å². The molecule has 0 fully saturated rings. The van der Waals surface area contributed by atoms with E-state index in [1.54, 1.807) is 47.5 Å². The molecule has 0 spiro atoms. The number of H-pyrrole nitrogens is 1. The largest absolute Gasteiger partial charge is 0.357 e. The Kier molecular flexibility index (Phi) is 4.37. The Bertz CT molecular complexity index is 1120. The summed E-state index contributed by atoms with van der Waals surface area (Å²) in [6.07, 6.45) is 5.42. The number of aromatic nitrogens is 5. The summed E-state index contributed by atoms with van der Waals surface area (Å²) in [6.45, 7) is 2.08. The van der Waals surface area contributed by atoms with E-state index in [4.69, 9.17) is 0 Å². The standard InChI is InChI=1S/C19H17FN6O/c1-2-17(27)16-7-14(10-21-16)24-19-22-8-13-9-23-26(18(13)25-19)11-12-5-3-4-6-15(12)20/h3-10,21H,2,11H2,1H3,(H,22,24,25). The summed E-state index contributed by atoms with van der Waals surface area (Å²) < 4.78 is 15.6. The van der Waals surface area contributed by atoms with Crippen molar-refractivity contribution in [3.8, 4) is 0 Å². The Morgan fingerprint density at radius 2 is 2.15 bits per heavy atom. The van der Waals surface area contributed by atoms with Gasteiger partial charge in [0.05, 0.1) is 29.5 Å². The topological polar surface area (TPSA) is 88.5 Å². The van der Waals surface area contributed by atoms with Crippen LogP contribution in [0.25, 0.3) is 11.0 Å². The number of fused-ring (bicyclic) bond motifs is 1.